The number of para-hydroxylation sites is 2. The van der Waals surface area contributed by atoms with Crippen LogP contribution < -0.4 is 16.0 Å². The first-order valence-electron chi connectivity index (χ1n) is 9.20. The molecule has 3 amide bonds. The Morgan fingerprint density at radius 1 is 1.23 bits per heavy atom. The molecule has 0 saturated carbocycles. The van der Waals surface area contributed by atoms with E-state index in [2.05, 4.69) is 16.0 Å². The second-order valence-corrected chi connectivity index (χ2v) is 7.07. The molecule has 2 heterocycles. The monoisotopic (exact) mass is 358 g/mol. The molecular weight excluding hydrogens is 332 g/mol. The highest BCUT2D eigenvalue weighted by Crippen LogP contribution is 2.36. The highest BCUT2D eigenvalue weighted by atomic mass is 16.2. The van der Waals surface area contributed by atoms with Gasteiger partial charge in [-0.05, 0) is 31.4 Å². The van der Waals surface area contributed by atoms with Crippen LogP contribution >= 0.6 is 0 Å². The summed E-state index contributed by atoms with van der Waals surface area (Å²) < 4.78 is 0. The summed E-state index contributed by atoms with van der Waals surface area (Å²) in [6, 6.07) is 7.14. The molecule has 0 bridgehead atoms. The number of hydrogen-bond acceptors (Lipinski definition) is 4. The zero-order valence-electron chi connectivity index (χ0n) is 15.3. The second-order valence-electron chi connectivity index (χ2n) is 7.07. The zero-order chi connectivity index (χ0) is 18.7. The first kappa shape index (κ1) is 18.2. The molecule has 1 spiro atoms. The van der Waals surface area contributed by atoms with Crippen LogP contribution in [0, 0.1) is 0 Å². The quantitative estimate of drug-likeness (QED) is 0.764. The topological polar surface area (TPSA) is 90.5 Å². The fourth-order valence-electron chi connectivity index (χ4n) is 3.73. The van der Waals surface area contributed by atoms with Gasteiger partial charge < -0.3 is 20.9 Å². The number of anilines is 2. The molecule has 0 unspecified atom stereocenters. The maximum Gasteiger partial charge on any atom is 0.250 e. The molecule has 0 radical (unpaired) electrons. The van der Waals surface area contributed by atoms with Crippen LogP contribution in [-0.4, -0.2) is 47.3 Å². The standard InChI is InChI=1S/C19H26N4O3/c1-3-6-16(20-13(2)24)17(25)23-11-9-19(10-12-23)18(26)21-14-7-4-5-8-15(14)22-19/h4-5,7-8,16,22H,3,6,9-12H2,1-2H3,(H,20,24)(H,21,26)/t16-/m0/s1. The van der Waals surface area contributed by atoms with Crippen molar-refractivity contribution in [3.8, 4) is 0 Å². The van der Waals surface area contributed by atoms with Gasteiger partial charge in [-0.2, -0.15) is 0 Å². The van der Waals surface area contributed by atoms with E-state index in [1.165, 1.54) is 6.92 Å². The van der Waals surface area contributed by atoms with Gasteiger partial charge in [-0.25, -0.2) is 0 Å². The molecule has 1 aromatic carbocycles. The van der Waals surface area contributed by atoms with Gasteiger partial charge in [0.25, 0.3) is 0 Å². The molecule has 1 fully saturated rings. The molecule has 3 N–H and O–H groups in total. The lowest BCUT2D eigenvalue weighted by molar-refractivity contribution is -0.138. The summed E-state index contributed by atoms with van der Waals surface area (Å²) >= 11 is 0. The molecule has 140 valence electrons. The van der Waals surface area contributed by atoms with E-state index in [0.717, 1.165) is 17.8 Å². The summed E-state index contributed by atoms with van der Waals surface area (Å²) in [5.74, 6) is -0.306. The van der Waals surface area contributed by atoms with Crippen molar-refractivity contribution in [3.63, 3.8) is 0 Å². The Morgan fingerprint density at radius 3 is 2.50 bits per heavy atom. The highest BCUT2D eigenvalue weighted by Gasteiger charge is 2.45. The summed E-state index contributed by atoms with van der Waals surface area (Å²) in [5.41, 5.74) is 1.02. The Labute approximate surface area is 153 Å². The number of amides is 3. The molecular formula is C19H26N4O3. The Kier molecular flexibility index (Phi) is 5.15. The second kappa shape index (κ2) is 7.35. The van der Waals surface area contributed by atoms with Crippen LogP contribution in [0.15, 0.2) is 24.3 Å². The minimum atomic E-state index is -0.681. The number of carbonyl (C=O) groups excluding carboxylic acids is 3. The van der Waals surface area contributed by atoms with Crippen LogP contribution in [0.25, 0.3) is 0 Å². The van der Waals surface area contributed by atoms with Crippen molar-refractivity contribution >= 4 is 29.1 Å². The molecule has 0 aromatic heterocycles. The van der Waals surface area contributed by atoms with Crippen LogP contribution in [0.1, 0.15) is 39.5 Å². The van der Waals surface area contributed by atoms with Gasteiger partial charge in [0, 0.05) is 20.0 Å². The number of likely N-dealkylation sites (tertiary alicyclic amines) is 1. The Bertz CT molecular complexity index is 710. The largest absolute Gasteiger partial charge is 0.369 e. The van der Waals surface area contributed by atoms with Gasteiger partial charge in [-0.1, -0.05) is 25.5 Å². The third kappa shape index (κ3) is 3.52. The molecule has 1 atom stereocenters. The van der Waals surface area contributed by atoms with Crippen molar-refractivity contribution in [1.82, 2.24) is 10.2 Å². The fourth-order valence-corrected chi connectivity index (χ4v) is 3.73. The first-order chi connectivity index (χ1) is 12.4. The third-order valence-corrected chi connectivity index (χ3v) is 5.17. The summed E-state index contributed by atoms with van der Waals surface area (Å²) in [6.07, 6.45) is 2.51. The number of piperidine rings is 1. The summed E-state index contributed by atoms with van der Waals surface area (Å²) in [7, 11) is 0. The molecule has 26 heavy (non-hydrogen) atoms. The predicted molar refractivity (Wildman–Crippen MR) is 99.8 cm³/mol. The number of nitrogens with one attached hydrogen (secondary N) is 3. The molecule has 7 nitrogen and oxygen atoms in total. The molecule has 3 rings (SSSR count). The minimum absolute atomic E-state index is 0.0460. The van der Waals surface area contributed by atoms with Gasteiger partial charge in [-0.3, -0.25) is 14.4 Å². The number of rotatable bonds is 4. The van der Waals surface area contributed by atoms with E-state index < -0.39 is 11.6 Å². The van der Waals surface area contributed by atoms with Crippen LogP contribution in [0.4, 0.5) is 11.4 Å². The van der Waals surface area contributed by atoms with E-state index in [0.29, 0.717) is 32.4 Å². The van der Waals surface area contributed by atoms with Gasteiger partial charge in [0.15, 0.2) is 0 Å². The lowest BCUT2D eigenvalue weighted by atomic mass is 9.84. The van der Waals surface area contributed by atoms with E-state index in [4.69, 9.17) is 0 Å². The Morgan fingerprint density at radius 2 is 1.88 bits per heavy atom. The molecule has 1 aromatic rings. The van der Waals surface area contributed by atoms with Gasteiger partial charge in [-0.15, -0.1) is 0 Å². The SMILES string of the molecule is CCC[C@H](NC(C)=O)C(=O)N1CCC2(CC1)Nc1ccccc1NC2=O. The molecule has 7 heteroatoms. The third-order valence-electron chi connectivity index (χ3n) is 5.17. The van der Waals surface area contributed by atoms with E-state index >= 15 is 0 Å². The summed E-state index contributed by atoms with van der Waals surface area (Å²) in [6.45, 7) is 4.39. The molecule has 2 aliphatic heterocycles. The maximum atomic E-state index is 12.8. The van der Waals surface area contributed by atoms with Crippen molar-refractivity contribution < 1.29 is 14.4 Å². The molecule has 2 aliphatic rings. The molecule has 1 saturated heterocycles. The number of nitrogens with zero attached hydrogens (tertiary/aromatic N) is 1. The average Bonchev–Trinajstić information content (AvgIpc) is 2.62. The van der Waals surface area contributed by atoms with Crippen molar-refractivity contribution in [2.75, 3.05) is 23.7 Å². The van der Waals surface area contributed by atoms with Gasteiger partial charge >= 0.3 is 0 Å². The van der Waals surface area contributed by atoms with E-state index in [-0.39, 0.29) is 17.7 Å². The van der Waals surface area contributed by atoms with Gasteiger partial charge in [0.05, 0.1) is 11.4 Å². The van der Waals surface area contributed by atoms with Crippen LogP contribution in [0.3, 0.4) is 0 Å². The lowest BCUT2D eigenvalue weighted by Crippen LogP contribution is -2.60. The van der Waals surface area contributed by atoms with E-state index in [1.54, 1.807) is 4.90 Å². The van der Waals surface area contributed by atoms with Crippen LogP contribution in [-0.2, 0) is 14.4 Å². The Balaban J connectivity index is 1.68. The lowest BCUT2D eigenvalue weighted by Gasteiger charge is -2.44. The van der Waals surface area contributed by atoms with Crippen molar-refractivity contribution in [1.29, 1.82) is 0 Å². The zero-order valence-corrected chi connectivity index (χ0v) is 15.3. The normalized spacial score (nSPS) is 19.2. The smallest absolute Gasteiger partial charge is 0.250 e. The first-order valence-corrected chi connectivity index (χ1v) is 9.20. The maximum absolute atomic E-state index is 12.8. The van der Waals surface area contributed by atoms with Crippen molar-refractivity contribution in [3.05, 3.63) is 24.3 Å². The molecule has 0 aliphatic carbocycles. The number of benzene rings is 1. The van der Waals surface area contributed by atoms with Gasteiger partial charge in [0.1, 0.15) is 11.6 Å². The number of carbonyl (C=O) groups is 3. The van der Waals surface area contributed by atoms with Gasteiger partial charge in [0.2, 0.25) is 17.7 Å². The van der Waals surface area contributed by atoms with Crippen molar-refractivity contribution in [2.24, 2.45) is 0 Å². The minimum Gasteiger partial charge on any atom is -0.369 e. The Hall–Kier alpha value is -2.57. The summed E-state index contributed by atoms with van der Waals surface area (Å²) in [5, 5.41) is 9.11. The average molecular weight is 358 g/mol. The van der Waals surface area contributed by atoms with E-state index in [9.17, 15) is 14.4 Å². The number of hydrogen-bond donors (Lipinski definition) is 3. The van der Waals surface area contributed by atoms with Crippen molar-refractivity contribution in [2.45, 2.75) is 51.1 Å². The predicted octanol–water partition coefficient (Wildman–Crippen LogP) is 1.72. The van der Waals surface area contributed by atoms with Crippen LogP contribution in [0.5, 0.6) is 0 Å². The number of fused-ring (bicyclic) bond motifs is 1. The van der Waals surface area contributed by atoms with Crippen LogP contribution in [0.2, 0.25) is 0 Å². The fraction of sp³-hybridized carbons (Fsp3) is 0.526. The highest BCUT2D eigenvalue weighted by molar-refractivity contribution is 6.06. The summed E-state index contributed by atoms with van der Waals surface area (Å²) in [4.78, 5) is 38.6. The van der Waals surface area contributed by atoms with E-state index in [1.807, 2.05) is 31.2 Å².